The predicted molar refractivity (Wildman–Crippen MR) is 199 cm³/mol. The standard InChI is InChI=1S/C38H47Cl3N4O7/c1-24-17-30(39)34(31(40)18-24)51-16-15-50-33-11-8-26(20-43-33)38(48)12-13-44(36(47)52-37(2,3)4)23-29(38)35(46)45(28-9-10-28)22-25-19-27(7-6-14-49-5)42-21-32(25)41/h8,11,17-21,28-29,48H,6-7,9-10,12-16,22-23H2,1-5H3. The van der Waals surface area contributed by atoms with Crippen LogP contribution in [0.3, 0.4) is 0 Å². The molecule has 1 aliphatic heterocycles. The molecule has 282 valence electrons. The Hall–Kier alpha value is -3.35. The third-order valence-corrected chi connectivity index (χ3v) is 9.94. The van der Waals surface area contributed by atoms with E-state index in [1.54, 1.807) is 63.2 Å². The summed E-state index contributed by atoms with van der Waals surface area (Å²) in [6.45, 7) is 8.58. The maximum Gasteiger partial charge on any atom is 0.410 e. The first-order valence-corrected chi connectivity index (χ1v) is 18.6. The summed E-state index contributed by atoms with van der Waals surface area (Å²) in [5.74, 6) is -0.607. The highest BCUT2D eigenvalue weighted by Gasteiger charge is 2.51. The van der Waals surface area contributed by atoms with Crippen LogP contribution in [0.25, 0.3) is 0 Å². The lowest BCUT2D eigenvalue weighted by Crippen LogP contribution is -2.58. The molecule has 1 saturated carbocycles. The number of likely N-dealkylation sites (tertiary alicyclic amines) is 1. The molecule has 2 unspecified atom stereocenters. The molecule has 0 spiro atoms. The number of aryl methyl sites for hydroxylation is 2. The largest absolute Gasteiger partial charge is 0.487 e. The number of carbonyl (C=O) groups excluding carboxylic acids is 2. The number of halogens is 3. The van der Waals surface area contributed by atoms with Crippen LogP contribution < -0.4 is 9.47 Å². The van der Waals surface area contributed by atoms with Gasteiger partial charge in [0.1, 0.15) is 24.4 Å². The minimum Gasteiger partial charge on any atom is -0.487 e. The molecule has 2 aromatic heterocycles. The number of rotatable bonds is 14. The van der Waals surface area contributed by atoms with Gasteiger partial charge >= 0.3 is 6.09 Å². The molecule has 2 aliphatic rings. The molecule has 1 N–H and O–H groups in total. The van der Waals surface area contributed by atoms with Gasteiger partial charge in [-0.2, -0.15) is 0 Å². The first-order chi connectivity index (χ1) is 24.7. The summed E-state index contributed by atoms with van der Waals surface area (Å²) in [6.07, 6.45) is 5.84. The minimum atomic E-state index is -1.64. The average molecular weight is 778 g/mol. The van der Waals surface area contributed by atoms with Crippen LogP contribution in [0, 0.1) is 12.8 Å². The van der Waals surface area contributed by atoms with Crippen molar-refractivity contribution < 1.29 is 33.6 Å². The summed E-state index contributed by atoms with van der Waals surface area (Å²) >= 11 is 19.2. The van der Waals surface area contributed by atoms with E-state index >= 15 is 0 Å². The number of ether oxygens (including phenoxy) is 4. The summed E-state index contributed by atoms with van der Waals surface area (Å²) in [7, 11) is 1.66. The Balaban J connectivity index is 1.35. The van der Waals surface area contributed by atoms with E-state index in [1.807, 2.05) is 13.0 Å². The zero-order valence-corrected chi connectivity index (χ0v) is 32.6. The van der Waals surface area contributed by atoms with Crippen LogP contribution in [-0.4, -0.2) is 88.5 Å². The molecule has 5 rings (SSSR count). The molecule has 0 bridgehead atoms. The minimum absolute atomic E-state index is 0.0179. The summed E-state index contributed by atoms with van der Waals surface area (Å²) in [5.41, 5.74) is 0.621. The third-order valence-electron chi connectivity index (χ3n) is 9.03. The molecule has 11 nitrogen and oxygen atoms in total. The number of methoxy groups -OCH3 is 1. The molecule has 2 fully saturated rings. The number of aromatic nitrogens is 2. The third kappa shape index (κ3) is 10.2. The molecule has 2 atom stereocenters. The van der Waals surface area contributed by atoms with Gasteiger partial charge in [0.2, 0.25) is 11.8 Å². The van der Waals surface area contributed by atoms with Crippen molar-refractivity contribution in [1.82, 2.24) is 19.8 Å². The van der Waals surface area contributed by atoms with Gasteiger partial charge in [0.25, 0.3) is 0 Å². The zero-order valence-electron chi connectivity index (χ0n) is 30.3. The summed E-state index contributed by atoms with van der Waals surface area (Å²) < 4.78 is 22.4. The van der Waals surface area contributed by atoms with Crippen molar-refractivity contribution in [2.24, 2.45) is 5.92 Å². The van der Waals surface area contributed by atoms with Crippen molar-refractivity contribution in [1.29, 1.82) is 0 Å². The highest BCUT2D eigenvalue weighted by atomic mass is 35.5. The Morgan fingerprint density at radius 2 is 1.71 bits per heavy atom. The first-order valence-electron chi connectivity index (χ1n) is 17.5. The monoisotopic (exact) mass is 776 g/mol. The highest BCUT2D eigenvalue weighted by Crippen LogP contribution is 2.42. The van der Waals surface area contributed by atoms with Gasteiger partial charge in [0.05, 0.1) is 21.0 Å². The Kier molecular flexibility index (Phi) is 13.2. The van der Waals surface area contributed by atoms with Crippen LogP contribution in [0.1, 0.15) is 68.8 Å². The van der Waals surface area contributed by atoms with Crippen LogP contribution in [0.2, 0.25) is 15.1 Å². The summed E-state index contributed by atoms with van der Waals surface area (Å²) in [6, 6.07) is 8.79. The fraction of sp³-hybridized carbons (Fsp3) is 0.526. The highest BCUT2D eigenvalue weighted by molar-refractivity contribution is 6.37. The molecule has 3 heterocycles. The van der Waals surface area contributed by atoms with E-state index < -0.39 is 23.2 Å². The first kappa shape index (κ1) is 39.8. The second-order valence-electron chi connectivity index (χ2n) is 14.4. The van der Waals surface area contributed by atoms with Crippen LogP contribution >= 0.6 is 34.8 Å². The quantitative estimate of drug-likeness (QED) is 0.167. The second-order valence-corrected chi connectivity index (χ2v) is 15.6. The summed E-state index contributed by atoms with van der Waals surface area (Å²) in [4.78, 5) is 40.1. The van der Waals surface area contributed by atoms with Crippen molar-refractivity contribution in [3.63, 3.8) is 0 Å². The fourth-order valence-corrected chi connectivity index (χ4v) is 7.11. The van der Waals surface area contributed by atoms with Crippen molar-refractivity contribution in [2.45, 2.75) is 83.6 Å². The molecular formula is C38H47Cl3N4O7. The molecule has 3 aromatic rings. The number of amides is 2. The SMILES string of the molecule is COCCCc1cc(CN(C(=O)C2CN(C(=O)OC(C)(C)C)CCC2(O)c2ccc(OCCOc3c(Cl)cc(C)cc3Cl)nc2)C2CC2)c(Cl)cn1. The number of aliphatic hydroxyl groups is 1. The lowest BCUT2D eigenvalue weighted by atomic mass is 9.75. The van der Waals surface area contributed by atoms with Crippen LogP contribution in [0.4, 0.5) is 4.79 Å². The molecule has 1 aliphatic carbocycles. The fourth-order valence-electron chi connectivity index (χ4n) is 6.24. The van der Waals surface area contributed by atoms with Crippen LogP contribution in [-0.2, 0) is 32.8 Å². The van der Waals surface area contributed by atoms with Crippen LogP contribution in [0.5, 0.6) is 11.6 Å². The Labute approximate surface area is 320 Å². The van der Waals surface area contributed by atoms with Gasteiger partial charge < -0.3 is 33.9 Å². The second kappa shape index (κ2) is 17.2. The van der Waals surface area contributed by atoms with E-state index in [4.69, 9.17) is 53.8 Å². The lowest BCUT2D eigenvalue weighted by Gasteiger charge is -2.45. The van der Waals surface area contributed by atoms with Crippen molar-refractivity contribution >= 4 is 46.8 Å². The molecule has 1 saturated heterocycles. The molecular weight excluding hydrogens is 731 g/mol. The number of pyridine rings is 2. The van der Waals surface area contributed by atoms with Crippen LogP contribution in [0.15, 0.2) is 42.7 Å². The van der Waals surface area contributed by atoms with Gasteiger partial charge in [0, 0.05) is 69.1 Å². The summed E-state index contributed by atoms with van der Waals surface area (Å²) in [5, 5.41) is 13.7. The van der Waals surface area contributed by atoms with Gasteiger partial charge in [-0.25, -0.2) is 9.78 Å². The number of benzene rings is 1. The van der Waals surface area contributed by atoms with E-state index in [0.717, 1.165) is 36.1 Å². The van der Waals surface area contributed by atoms with E-state index in [0.29, 0.717) is 45.3 Å². The molecule has 52 heavy (non-hydrogen) atoms. The number of hydrogen-bond donors (Lipinski definition) is 1. The predicted octanol–water partition coefficient (Wildman–Crippen LogP) is 7.42. The van der Waals surface area contributed by atoms with Gasteiger partial charge in [-0.05, 0) is 95.2 Å². The number of nitrogens with zero attached hydrogens (tertiary/aromatic N) is 4. The maximum absolute atomic E-state index is 14.7. The molecule has 14 heteroatoms. The van der Waals surface area contributed by atoms with E-state index in [1.165, 1.54) is 11.1 Å². The van der Waals surface area contributed by atoms with E-state index in [2.05, 4.69) is 9.97 Å². The number of piperidine rings is 1. The van der Waals surface area contributed by atoms with Gasteiger partial charge in [-0.1, -0.05) is 34.8 Å². The van der Waals surface area contributed by atoms with Gasteiger partial charge in [0.15, 0.2) is 5.75 Å². The Morgan fingerprint density at radius 1 is 1.00 bits per heavy atom. The molecule has 0 radical (unpaired) electrons. The maximum atomic E-state index is 14.7. The van der Waals surface area contributed by atoms with Gasteiger partial charge in [-0.15, -0.1) is 0 Å². The van der Waals surface area contributed by atoms with Gasteiger partial charge in [-0.3, -0.25) is 9.78 Å². The number of carbonyl (C=O) groups is 2. The molecule has 2 amide bonds. The smallest absolute Gasteiger partial charge is 0.410 e. The van der Waals surface area contributed by atoms with E-state index in [9.17, 15) is 14.7 Å². The number of hydrogen-bond acceptors (Lipinski definition) is 9. The Morgan fingerprint density at radius 3 is 2.35 bits per heavy atom. The van der Waals surface area contributed by atoms with E-state index in [-0.39, 0.29) is 51.2 Å². The van der Waals surface area contributed by atoms with Crippen molar-refractivity contribution in [3.05, 3.63) is 80.2 Å². The lowest BCUT2D eigenvalue weighted by molar-refractivity contribution is -0.155. The van der Waals surface area contributed by atoms with Crippen molar-refractivity contribution in [3.8, 4) is 11.6 Å². The molecule has 1 aromatic carbocycles. The van der Waals surface area contributed by atoms with Crippen molar-refractivity contribution in [2.75, 3.05) is 40.0 Å². The topological polar surface area (TPSA) is 124 Å². The Bertz CT molecular complexity index is 1690. The average Bonchev–Trinajstić information content (AvgIpc) is 3.93. The zero-order chi connectivity index (χ0) is 37.6. The normalized spacial score (nSPS) is 18.9.